The van der Waals surface area contributed by atoms with Gasteiger partial charge in [-0.25, -0.2) is 9.97 Å². The molecule has 2 N–H and O–H groups in total. The lowest BCUT2D eigenvalue weighted by Crippen LogP contribution is -1.98. The van der Waals surface area contributed by atoms with Gasteiger partial charge in [-0.1, -0.05) is 36.4 Å². The summed E-state index contributed by atoms with van der Waals surface area (Å²) >= 11 is 0. The van der Waals surface area contributed by atoms with Crippen molar-refractivity contribution in [3.8, 4) is 11.5 Å². The van der Waals surface area contributed by atoms with Crippen molar-refractivity contribution in [2.75, 3.05) is 20.0 Å². The first-order chi connectivity index (χ1) is 13.2. The first-order valence-electron chi connectivity index (χ1n) is 8.45. The lowest BCUT2D eigenvalue weighted by Gasteiger charge is -2.01. The van der Waals surface area contributed by atoms with Gasteiger partial charge in [0.2, 0.25) is 5.95 Å². The average Bonchev–Trinajstić information content (AvgIpc) is 2.71. The fraction of sp³-hybridized carbons (Fsp3) is 0.0909. The average molecular weight is 359 g/mol. The number of hydrogen-bond acceptors (Lipinski definition) is 5. The molecule has 27 heavy (non-hydrogen) atoms. The summed E-state index contributed by atoms with van der Waals surface area (Å²) < 4.78 is 10.3. The standard InChI is InChI=1S/C22H21N3O2/c1-26-20-11-5-16(6-12-20)3-9-18-15-19(25-22(23)24-18)10-4-17-7-13-21(27-2)14-8-17/h3-15H,1-2H3,(H2,23,24,25). The van der Waals surface area contributed by atoms with Crippen molar-refractivity contribution in [3.63, 3.8) is 0 Å². The van der Waals surface area contributed by atoms with E-state index in [1.54, 1.807) is 14.2 Å². The highest BCUT2D eigenvalue weighted by Crippen LogP contribution is 2.16. The van der Waals surface area contributed by atoms with Crippen LogP contribution in [0.1, 0.15) is 22.5 Å². The Kier molecular flexibility index (Phi) is 5.84. The zero-order valence-corrected chi connectivity index (χ0v) is 15.3. The predicted molar refractivity (Wildman–Crippen MR) is 110 cm³/mol. The number of rotatable bonds is 6. The number of nitrogens with two attached hydrogens (primary N) is 1. The maximum Gasteiger partial charge on any atom is 0.221 e. The Morgan fingerprint density at radius 1 is 0.667 bits per heavy atom. The topological polar surface area (TPSA) is 70.3 Å². The third kappa shape index (κ3) is 5.19. The molecule has 0 fully saturated rings. The third-order valence-electron chi connectivity index (χ3n) is 3.91. The van der Waals surface area contributed by atoms with Gasteiger partial charge in [-0.05, 0) is 53.6 Å². The Bertz CT molecular complexity index is 871. The van der Waals surface area contributed by atoms with Crippen molar-refractivity contribution in [2.24, 2.45) is 0 Å². The summed E-state index contributed by atoms with van der Waals surface area (Å²) in [6.07, 6.45) is 7.76. The molecule has 0 aliphatic carbocycles. The van der Waals surface area contributed by atoms with Crippen LogP contribution in [0, 0.1) is 0 Å². The molecule has 5 heteroatoms. The van der Waals surface area contributed by atoms with E-state index in [1.807, 2.05) is 78.9 Å². The minimum atomic E-state index is 0.237. The van der Waals surface area contributed by atoms with Gasteiger partial charge in [-0.3, -0.25) is 0 Å². The summed E-state index contributed by atoms with van der Waals surface area (Å²) in [6.45, 7) is 0. The molecule has 0 atom stereocenters. The second kappa shape index (κ2) is 8.67. The van der Waals surface area contributed by atoms with Gasteiger partial charge in [-0.15, -0.1) is 0 Å². The molecule has 0 amide bonds. The van der Waals surface area contributed by atoms with Crippen LogP contribution in [0.25, 0.3) is 24.3 Å². The number of nitrogens with zero attached hydrogens (tertiary/aromatic N) is 2. The van der Waals surface area contributed by atoms with Crippen molar-refractivity contribution in [1.29, 1.82) is 0 Å². The number of anilines is 1. The van der Waals surface area contributed by atoms with Crippen LogP contribution in [0.4, 0.5) is 5.95 Å². The maximum atomic E-state index is 5.85. The predicted octanol–water partition coefficient (Wildman–Crippen LogP) is 4.42. The first kappa shape index (κ1) is 18.2. The van der Waals surface area contributed by atoms with Crippen LogP contribution in [0.15, 0.2) is 54.6 Å². The van der Waals surface area contributed by atoms with Crippen LogP contribution in [0.5, 0.6) is 11.5 Å². The van der Waals surface area contributed by atoms with Crippen molar-refractivity contribution in [1.82, 2.24) is 9.97 Å². The van der Waals surface area contributed by atoms with Gasteiger partial charge in [-0.2, -0.15) is 0 Å². The molecule has 0 spiro atoms. The third-order valence-corrected chi connectivity index (χ3v) is 3.91. The number of ether oxygens (including phenoxy) is 2. The first-order valence-corrected chi connectivity index (χ1v) is 8.45. The van der Waals surface area contributed by atoms with Gasteiger partial charge < -0.3 is 15.2 Å². The van der Waals surface area contributed by atoms with Crippen LogP contribution in [0.3, 0.4) is 0 Å². The summed E-state index contributed by atoms with van der Waals surface area (Å²) in [5, 5.41) is 0. The van der Waals surface area contributed by atoms with E-state index in [1.165, 1.54) is 0 Å². The zero-order chi connectivity index (χ0) is 19.1. The number of nitrogen functional groups attached to an aromatic ring is 1. The molecule has 3 rings (SSSR count). The van der Waals surface area contributed by atoms with E-state index in [2.05, 4.69) is 9.97 Å². The summed E-state index contributed by atoms with van der Waals surface area (Å²) in [5.41, 5.74) is 9.43. The smallest absolute Gasteiger partial charge is 0.221 e. The molecule has 3 aromatic rings. The minimum absolute atomic E-state index is 0.237. The van der Waals surface area contributed by atoms with Crippen LogP contribution in [-0.4, -0.2) is 24.2 Å². The molecular weight excluding hydrogens is 338 g/mol. The van der Waals surface area contributed by atoms with E-state index in [-0.39, 0.29) is 5.95 Å². The fourth-order valence-corrected chi connectivity index (χ4v) is 2.47. The van der Waals surface area contributed by atoms with E-state index in [4.69, 9.17) is 15.2 Å². The van der Waals surface area contributed by atoms with E-state index < -0.39 is 0 Å². The summed E-state index contributed by atoms with van der Waals surface area (Å²) in [7, 11) is 3.30. The van der Waals surface area contributed by atoms with Gasteiger partial charge in [0.05, 0.1) is 25.6 Å². The Hall–Kier alpha value is -3.60. The molecule has 5 nitrogen and oxygen atoms in total. The van der Waals surface area contributed by atoms with Gasteiger partial charge in [0.25, 0.3) is 0 Å². The van der Waals surface area contributed by atoms with Crippen LogP contribution in [0.2, 0.25) is 0 Å². The summed E-state index contributed by atoms with van der Waals surface area (Å²) in [6, 6.07) is 17.4. The van der Waals surface area contributed by atoms with Crippen molar-refractivity contribution in [2.45, 2.75) is 0 Å². The van der Waals surface area contributed by atoms with Crippen LogP contribution in [-0.2, 0) is 0 Å². The van der Waals surface area contributed by atoms with Crippen molar-refractivity contribution in [3.05, 3.63) is 77.1 Å². The second-order valence-electron chi connectivity index (χ2n) is 5.79. The second-order valence-corrected chi connectivity index (χ2v) is 5.79. The monoisotopic (exact) mass is 359 g/mol. The number of hydrogen-bond donors (Lipinski definition) is 1. The van der Waals surface area contributed by atoms with E-state index in [0.717, 1.165) is 34.0 Å². The Balaban J connectivity index is 1.76. The normalized spacial score (nSPS) is 11.2. The van der Waals surface area contributed by atoms with Crippen molar-refractivity contribution >= 4 is 30.3 Å². The van der Waals surface area contributed by atoms with Gasteiger partial charge in [0.1, 0.15) is 11.5 Å². The van der Waals surface area contributed by atoms with Gasteiger partial charge in [0, 0.05) is 0 Å². The Morgan fingerprint density at radius 3 is 1.44 bits per heavy atom. The minimum Gasteiger partial charge on any atom is -0.497 e. The number of methoxy groups -OCH3 is 2. The Morgan fingerprint density at radius 2 is 1.07 bits per heavy atom. The summed E-state index contributed by atoms with van der Waals surface area (Å²) in [4.78, 5) is 8.53. The molecule has 2 aromatic carbocycles. The summed E-state index contributed by atoms with van der Waals surface area (Å²) in [5.74, 6) is 1.88. The Labute approximate surface area is 158 Å². The molecule has 0 aliphatic heterocycles. The largest absolute Gasteiger partial charge is 0.497 e. The van der Waals surface area contributed by atoms with Crippen molar-refractivity contribution < 1.29 is 9.47 Å². The molecule has 0 aliphatic rings. The molecular formula is C22H21N3O2. The molecule has 0 saturated carbocycles. The van der Waals surface area contributed by atoms with Gasteiger partial charge in [0.15, 0.2) is 0 Å². The highest BCUT2D eigenvalue weighted by molar-refractivity contribution is 5.72. The van der Waals surface area contributed by atoms with Crippen LogP contribution < -0.4 is 15.2 Å². The highest BCUT2D eigenvalue weighted by Gasteiger charge is 1.99. The molecule has 1 heterocycles. The number of benzene rings is 2. The van der Waals surface area contributed by atoms with E-state index in [0.29, 0.717) is 0 Å². The fourth-order valence-electron chi connectivity index (χ4n) is 2.47. The molecule has 0 unspecified atom stereocenters. The molecule has 0 saturated heterocycles. The number of aromatic nitrogens is 2. The molecule has 0 radical (unpaired) electrons. The maximum absolute atomic E-state index is 5.85. The van der Waals surface area contributed by atoms with E-state index >= 15 is 0 Å². The van der Waals surface area contributed by atoms with E-state index in [9.17, 15) is 0 Å². The van der Waals surface area contributed by atoms with Crippen LogP contribution >= 0.6 is 0 Å². The molecule has 0 bridgehead atoms. The molecule has 1 aromatic heterocycles. The zero-order valence-electron chi connectivity index (χ0n) is 15.3. The van der Waals surface area contributed by atoms with Gasteiger partial charge >= 0.3 is 0 Å². The quantitative estimate of drug-likeness (QED) is 0.705. The lowest BCUT2D eigenvalue weighted by molar-refractivity contribution is 0.414. The highest BCUT2D eigenvalue weighted by atomic mass is 16.5. The molecule has 136 valence electrons. The SMILES string of the molecule is COc1ccc(C=Cc2cc(C=Cc3ccc(OC)cc3)nc(N)n2)cc1. The lowest BCUT2D eigenvalue weighted by atomic mass is 10.1.